The Labute approximate surface area is 864 Å². The van der Waals surface area contributed by atoms with Crippen LogP contribution in [0.1, 0.15) is 132 Å². The maximum atomic E-state index is 14.6. The number of pyridine rings is 2. The lowest BCUT2D eigenvalue weighted by Gasteiger charge is -2.23. The average Bonchev–Trinajstić information content (AvgIpc) is 1.58. The van der Waals surface area contributed by atoms with E-state index in [1.54, 1.807) is 135 Å². The maximum Gasteiger partial charge on any atom is 0.277 e. The van der Waals surface area contributed by atoms with Gasteiger partial charge in [-0.2, -0.15) is 21.0 Å². The predicted octanol–water partition coefficient (Wildman–Crippen LogP) is 22.1. The van der Waals surface area contributed by atoms with Gasteiger partial charge in [0.25, 0.3) is 23.6 Å². The first-order valence-electron chi connectivity index (χ1n) is 46.7. The molecule has 14 aromatic carbocycles. The zero-order valence-corrected chi connectivity index (χ0v) is 81.5. The van der Waals surface area contributed by atoms with Crippen molar-refractivity contribution in [3.63, 3.8) is 0 Å². The smallest absolute Gasteiger partial charge is 0.277 e. The first kappa shape index (κ1) is 102. The zero-order chi connectivity index (χ0) is 105. The summed E-state index contributed by atoms with van der Waals surface area (Å²) < 4.78 is 98.0. The fourth-order valence-corrected chi connectivity index (χ4v) is 16.5. The highest BCUT2D eigenvalue weighted by molar-refractivity contribution is 9.10. The minimum Gasteiger partial charge on any atom is -0.457 e. The number of hydrogen-bond donors (Lipinski definition) is 0. The van der Waals surface area contributed by atoms with E-state index in [0.717, 1.165) is 95.4 Å². The molecule has 0 aliphatic heterocycles. The van der Waals surface area contributed by atoms with Crippen LogP contribution >= 0.6 is 15.9 Å². The van der Waals surface area contributed by atoms with Crippen LogP contribution in [0.3, 0.4) is 0 Å². The van der Waals surface area contributed by atoms with E-state index in [9.17, 15) is 45.5 Å². The molecule has 34 heteroatoms. The highest BCUT2D eigenvalue weighted by atomic mass is 79.9. The Bertz CT molecular complexity index is 8220. The third-order valence-electron chi connectivity index (χ3n) is 24.2. The number of aryl methyl sites for hydroxylation is 1. The summed E-state index contributed by atoms with van der Waals surface area (Å²) in [5.41, 5.74) is 11.0. The van der Waals surface area contributed by atoms with Crippen molar-refractivity contribution in [3.05, 3.63) is 517 Å². The molecule has 4 amide bonds. The minimum atomic E-state index is -0.747. The van der Waals surface area contributed by atoms with Crippen molar-refractivity contribution < 1.29 is 50.3 Å². The molecule has 0 N–H and O–H groups in total. The zero-order valence-electron chi connectivity index (χ0n) is 79.9. The van der Waals surface area contributed by atoms with Gasteiger partial charge in [-0.25, -0.2) is 36.3 Å². The number of benzene rings is 14. The van der Waals surface area contributed by atoms with Crippen molar-refractivity contribution in [1.29, 1.82) is 21.0 Å². The molecule has 27 nitrogen and oxygen atoms in total. The van der Waals surface area contributed by atoms with Crippen molar-refractivity contribution in [2.24, 2.45) is 0 Å². The molecule has 150 heavy (non-hydrogen) atoms. The van der Waals surface area contributed by atoms with E-state index < -0.39 is 40.8 Å². The monoisotopic (exact) mass is 2060 g/mol. The number of ether oxygens (including phenoxy) is 1. The van der Waals surface area contributed by atoms with Crippen LogP contribution in [0.2, 0.25) is 0 Å². The molecule has 6 aromatic heterocycles. The second-order valence-electron chi connectivity index (χ2n) is 34.5. The van der Waals surface area contributed by atoms with Gasteiger partial charge in [0.05, 0.1) is 110 Å². The normalized spacial score (nSPS) is 10.8. The van der Waals surface area contributed by atoms with Gasteiger partial charge < -0.3 is 37.7 Å². The van der Waals surface area contributed by atoms with Crippen LogP contribution in [0.4, 0.5) is 32.0 Å². The van der Waals surface area contributed by atoms with Crippen LogP contribution in [0.15, 0.2) is 369 Å². The summed E-state index contributed by atoms with van der Waals surface area (Å²) in [4.78, 5) is 69.9. The number of carbonyl (C=O) groups is 4. The van der Waals surface area contributed by atoms with E-state index in [0.29, 0.717) is 106 Å². The van der Waals surface area contributed by atoms with E-state index in [4.69, 9.17) is 25.8 Å². The lowest BCUT2D eigenvalue weighted by molar-refractivity contribution is 0.0711. The highest BCUT2D eigenvalue weighted by Crippen LogP contribution is 2.31. The van der Waals surface area contributed by atoms with Crippen molar-refractivity contribution in [3.8, 4) is 35.8 Å². The molecule has 0 aliphatic rings. The maximum absolute atomic E-state index is 14.6. The molecule has 0 saturated heterocycles. The van der Waals surface area contributed by atoms with E-state index in [1.165, 1.54) is 39.0 Å². The van der Waals surface area contributed by atoms with Gasteiger partial charge in [0.2, 0.25) is 0 Å². The minimum absolute atomic E-state index is 0.0143. The molecular formula is C116H85BrF6N22O5. The summed E-state index contributed by atoms with van der Waals surface area (Å²) in [6.07, 6.45) is 6.30. The number of para-hydroxylation sites is 3. The average molecular weight is 2060 g/mol. The van der Waals surface area contributed by atoms with Gasteiger partial charge in [0, 0.05) is 86.6 Å². The Morgan fingerprint density at radius 2 is 0.653 bits per heavy atom. The molecule has 0 saturated carbocycles. The predicted molar refractivity (Wildman–Crippen MR) is 551 cm³/mol. The Kier molecular flexibility index (Phi) is 32.7. The number of halogens is 7. The van der Waals surface area contributed by atoms with Crippen LogP contribution in [0, 0.1) is 87.2 Å². The SMILES string of the molecule is Cc1ccc(C(=O)N(Cc2ccc(F)cc2F)Cc2nncn2Cc2ccc(C#N)cc2)cc1Br.N#Cc1ccc(Cn2cnnc2CN(C(=O)c2ccc3ccccc3n2)c2ccc(Oc3ccccc3)cc2)cc1.N#Cc1ccc(Cn2cnnc2CN(Cc2ccc(F)cc2F)C(=O)c2ccc3ccccc3c2)cc1.N#Cc1ccc(Cn2cnnc2CN(Cc2ccc(F)cc2F)C(=O)c2ccc3ccccc3n2)cc1. The summed E-state index contributed by atoms with van der Waals surface area (Å²) in [6.45, 7) is 3.68. The molecular weight excluding hydrogens is 1980 g/mol. The van der Waals surface area contributed by atoms with Gasteiger partial charge in [0.1, 0.15) is 83.1 Å². The van der Waals surface area contributed by atoms with E-state index in [-0.39, 0.29) is 85.9 Å². The molecule has 0 radical (unpaired) electrons. The molecule has 6 heterocycles. The van der Waals surface area contributed by atoms with Crippen molar-refractivity contribution in [2.45, 2.75) is 78.9 Å². The summed E-state index contributed by atoms with van der Waals surface area (Å²) >= 11 is 3.45. The number of rotatable bonds is 29. The molecule has 0 unspecified atom stereocenters. The van der Waals surface area contributed by atoms with Crippen molar-refractivity contribution in [1.82, 2.24) is 83.7 Å². The van der Waals surface area contributed by atoms with Crippen LogP contribution in [0.5, 0.6) is 11.5 Å². The van der Waals surface area contributed by atoms with Gasteiger partial charge in [-0.15, -0.1) is 40.8 Å². The van der Waals surface area contributed by atoms with Gasteiger partial charge in [0.15, 0.2) is 23.3 Å². The summed E-state index contributed by atoms with van der Waals surface area (Å²) in [5, 5.41) is 72.9. The molecule has 0 bridgehead atoms. The van der Waals surface area contributed by atoms with Crippen LogP contribution < -0.4 is 9.64 Å². The number of anilines is 1. The lowest BCUT2D eigenvalue weighted by atomic mass is 10.1. The van der Waals surface area contributed by atoms with E-state index in [2.05, 4.69) is 91.0 Å². The second-order valence-corrected chi connectivity index (χ2v) is 35.4. The molecule has 0 fully saturated rings. The number of fused-ring (bicyclic) bond motifs is 3. The summed E-state index contributed by atoms with van der Waals surface area (Å²) in [7, 11) is 0. The molecule has 20 aromatic rings. The van der Waals surface area contributed by atoms with Crippen LogP contribution in [-0.4, -0.2) is 107 Å². The first-order valence-corrected chi connectivity index (χ1v) is 47.5. The van der Waals surface area contributed by atoms with Crippen LogP contribution in [0.25, 0.3) is 32.6 Å². The Balaban J connectivity index is 0.000000136. The Morgan fingerprint density at radius 3 is 1.04 bits per heavy atom. The molecule has 0 aliphatic carbocycles. The largest absolute Gasteiger partial charge is 0.457 e. The number of nitriles is 4. The van der Waals surface area contributed by atoms with E-state index in [1.807, 2.05) is 206 Å². The van der Waals surface area contributed by atoms with Gasteiger partial charge in [-0.3, -0.25) is 24.1 Å². The fraction of sp³-hybridized carbons (Fsp3) is 0.103. The van der Waals surface area contributed by atoms with Gasteiger partial charge in [-0.05, 0) is 197 Å². The molecule has 738 valence electrons. The number of nitrogens with zero attached hydrogens (tertiary/aromatic N) is 22. The second kappa shape index (κ2) is 48.2. The number of aromatic nitrogens is 14. The molecule has 0 atom stereocenters. The van der Waals surface area contributed by atoms with Gasteiger partial charge in [-0.1, -0.05) is 186 Å². The number of carbonyl (C=O) groups excluding carboxylic acids is 4. The topological polar surface area (TPSA) is 334 Å². The summed E-state index contributed by atoms with van der Waals surface area (Å²) in [5.74, 6) is -2.16. The fourth-order valence-electron chi connectivity index (χ4n) is 16.2. The van der Waals surface area contributed by atoms with Crippen LogP contribution in [-0.2, 0) is 72.0 Å². The Hall–Kier alpha value is -19.6. The third kappa shape index (κ3) is 26.1. The molecule has 20 rings (SSSR count). The first-order chi connectivity index (χ1) is 73.0. The third-order valence-corrected chi connectivity index (χ3v) is 25.1. The highest BCUT2D eigenvalue weighted by Gasteiger charge is 2.29. The van der Waals surface area contributed by atoms with Gasteiger partial charge >= 0.3 is 0 Å². The van der Waals surface area contributed by atoms with Crippen molar-refractivity contribution in [2.75, 3.05) is 4.90 Å². The van der Waals surface area contributed by atoms with Crippen molar-refractivity contribution >= 4 is 77.8 Å². The number of amides is 4. The Morgan fingerprint density at radius 1 is 0.320 bits per heavy atom. The summed E-state index contributed by atoms with van der Waals surface area (Å²) in [6, 6.07) is 104. The quantitative estimate of drug-likeness (QED) is 0.0393. The number of hydrogen-bond acceptors (Lipinski definition) is 19. The molecule has 0 spiro atoms. The standard InChI is InChI=1S/C33H24N6O2.C29H21F2N5O.C28H20F2N6O.C26H20BrF2N5O/c34-20-24-10-12-25(13-11-24)21-38-23-35-37-32(38)22-39(33(40)31-19-14-26-6-4-5-9-30(26)36-31)27-15-17-29(18-16-27)41-28-7-2-1-3-8-28;30-26-12-11-25(27(31)14-26)17-35(29(37)24-10-9-22-3-1-2-4-23(22)13-24)18-28-34-33-19-36(28)16-21-7-5-20(15-32)6-8-21;29-23-11-9-22(24(30)13-23)16-35(28(37)26-12-10-21-3-1-2-4-25(21)33-26)17-27-34-32-18-36(27)15-20-7-5-19(14-31)6-8-20;1-17-2-7-20(10-23(17)27)26(35)33(14-21-8-9-22(28)11-24(21)29)15-25-32-31-16-34(25)13-19-5-3-18(12-30)4-6-19/h1-19,23H,21-22H2;1-14,19H,16-18H2;1-13,18H,15-17H2;2-11,16H,13-15H2,1H3. The lowest BCUT2D eigenvalue weighted by Crippen LogP contribution is -2.32. The van der Waals surface area contributed by atoms with E-state index >= 15 is 0 Å².